The standard InChI is InChI=1S/C50H46N2/c1-3-5-33-51-47-35-39(19-17-37-21-27-43(28-22-37)41-13-9-7-10-14-41)25-31-45(47)49-46-32-26-40(36-48(46)52(50(49)51)34-6-4-2)20-18-38-23-29-44(30-24-38)42-15-11-8-12-16-42/h7-32,35-36H,3-6,33-34H2,1-2H3/b19-17+,20-18+. The summed E-state index contributed by atoms with van der Waals surface area (Å²) in [5.41, 5.74) is 13.9. The van der Waals surface area contributed by atoms with Gasteiger partial charge < -0.3 is 9.13 Å². The Hall–Kier alpha value is -5.86. The van der Waals surface area contributed by atoms with E-state index in [0.717, 1.165) is 38.8 Å². The molecule has 0 bridgehead atoms. The fourth-order valence-electron chi connectivity index (χ4n) is 7.51. The summed E-state index contributed by atoms with van der Waals surface area (Å²) in [6.45, 7) is 6.61. The number of hydrogen-bond acceptors (Lipinski definition) is 0. The largest absolute Gasteiger partial charge is 0.327 e. The Morgan fingerprint density at radius 2 is 0.769 bits per heavy atom. The molecule has 0 unspecified atom stereocenters. The Bertz CT molecular complexity index is 2320. The highest BCUT2D eigenvalue weighted by molar-refractivity contribution is 6.21. The van der Waals surface area contributed by atoms with E-state index < -0.39 is 0 Å². The van der Waals surface area contributed by atoms with Crippen LogP contribution in [0.15, 0.2) is 146 Å². The van der Waals surface area contributed by atoms with Crippen molar-refractivity contribution in [2.24, 2.45) is 0 Å². The van der Waals surface area contributed by atoms with Crippen molar-refractivity contribution in [2.75, 3.05) is 0 Å². The van der Waals surface area contributed by atoms with Gasteiger partial charge >= 0.3 is 0 Å². The van der Waals surface area contributed by atoms with Crippen molar-refractivity contribution in [3.05, 3.63) is 168 Å². The molecule has 0 spiro atoms. The highest BCUT2D eigenvalue weighted by Gasteiger charge is 2.20. The smallest absolute Gasteiger partial charge is 0.122 e. The van der Waals surface area contributed by atoms with Crippen molar-refractivity contribution in [1.82, 2.24) is 9.13 Å². The first-order chi connectivity index (χ1) is 25.7. The van der Waals surface area contributed by atoms with Crippen molar-refractivity contribution in [3.63, 3.8) is 0 Å². The molecular formula is C50H46N2. The summed E-state index contributed by atoms with van der Waals surface area (Å²) in [5, 5.41) is 4.08. The predicted octanol–water partition coefficient (Wildman–Crippen LogP) is 14.0. The lowest BCUT2D eigenvalue weighted by atomic mass is 10.0. The summed E-state index contributed by atoms with van der Waals surface area (Å²) in [6, 6.07) is 52.9. The van der Waals surface area contributed by atoms with Crippen LogP contribution in [0.25, 0.3) is 79.4 Å². The third-order valence-corrected chi connectivity index (χ3v) is 10.3. The molecule has 256 valence electrons. The summed E-state index contributed by atoms with van der Waals surface area (Å²) in [6.07, 6.45) is 13.6. The molecule has 6 aromatic carbocycles. The minimum Gasteiger partial charge on any atom is -0.327 e. The first-order valence-electron chi connectivity index (χ1n) is 19.0. The molecule has 2 aromatic heterocycles. The Labute approximate surface area is 308 Å². The molecule has 0 N–H and O–H groups in total. The molecule has 8 aromatic rings. The summed E-state index contributed by atoms with van der Waals surface area (Å²) in [4.78, 5) is 0. The second-order valence-corrected chi connectivity index (χ2v) is 13.9. The van der Waals surface area contributed by atoms with Gasteiger partial charge in [0.2, 0.25) is 0 Å². The number of fused-ring (bicyclic) bond motifs is 5. The molecule has 2 nitrogen and oxygen atoms in total. The minimum absolute atomic E-state index is 1.01. The van der Waals surface area contributed by atoms with Crippen LogP contribution in [0.4, 0.5) is 0 Å². The molecule has 2 heteroatoms. The number of aromatic nitrogens is 2. The average molecular weight is 675 g/mol. The Kier molecular flexibility index (Phi) is 9.71. The predicted molar refractivity (Wildman–Crippen MR) is 226 cm³/mol. The van der Waals surface area contributed by atoms with Gasteiger partial charge in [-0.3, -0.25) is 0 Å². The van der Waals surface area contributed by atoms with Crippen LogP contribution < -0.4 is 0 Å². The van der Waals surface area contributed by atoms with E-state index in [-0.39, 0.29) is 0 Å². The molecule has 0 saturated heterocycles. The van der Waals surface area contributed by atoms with Crippen molar-refractivity contribution in [3.8, 4) is 22.3 Å². The molecule has 0 radical (unpaired) electrons. The minimum atomic E-state index is 1.01. The van der Waals surface area contributed by atoms with Crippen LogP contribution in [0.1, 0.15) is 61.8 Å². The van der Waals surface area contributed by atoms with Gasteiger partial charge in [0.25, 0.3) is 0 Å². The van der Waals surface area contributed by atoms with E-state index in [1.165, 1.54) is 77.3 Å². The summed E-state index contributed by atoms with van der Waals surface area (Å²) in [7, 11) is 0. The van der Waals surface area contributed by atoms with Crippen molar-refractivity contribution in [2.45, 2.75) is 52.6 Å². The monoisotopic (exact) mass is 674 g/mol. The van der Waals surface area contributed by atoms with E-state index in [1.54, 1.807) is 0 Å². The third-order valence-electron chi connectivity index (χ3n) is 10.3. The number of hydrogen-bond donors (Lipinski definition) is 0. The number of benzene rings is 6. The third kappa shape index (κ3) is 6.77. The quantitative estimate of drug-likeness (QED) is 0.114. The molecule has 8 rings (SSSR count). The van der Waals surface area contributed by atoms with Crippen LogP contribution in [0, 0.1) is 0 Å². The van der Waals surface area contributed by atoms with Crippen molar-refractivity contribution < 1.29 is 0 Å². The lowest BCUT2D eigenvalue weighted by Crippen LogP contribution is -2.05. The highest BCUT2D eigenvalue weighted by atomic mass is 15.1. The van der Waals surface area contributed by atoms with Crippen molar-refractivity contribution >= 4 is 57.1 Å². The van der Waals surface area contributed by atoms with Crippen LogP contribution in [-0.2, 0) is 13.1 Å². The molecule has 52 heavy (non-hydrogen) atoms. The Morgan fingerprint density at radius 1 is 0.404 bits per heavy atom. The summed E-state index contributed by atoms with van der Waals surface area (Å²) >= 11 is 0. The zero-order valence-electron chi connectivity index (χ0n) is 30.3. The zero-order chi connectivity index (χ0) is 35.3. The van der Waals surface area contributed by atoms with E-state index in [9.17, 15) is 0 Å². The van der Waals surface area contributed by atoms with E-state index in [0.29, 0.717) is 0 Å². The van der Waals surface area contributed by atoms with E-state index in [1.807, 2.05) is 0 Å². The molecule has 0 aliphatic heterocycles. The maximum Gasteiger partial charge on any atom is 0.122 e. The lowest BCUT2D eigenvalue weighted by Gasteiger charge is -2.12. The van der Waals surface area contributed by atoms with Crippen LogP contribution in [-0.4, -0.2) is 9.13 Å². The fourth-order valence-corrected chi connectivity index (χ4v) is 7.51. The fraction of sp³-hybridized carbons (Fsp3) is 0.160. The van der Waals surface area contributed by atoms with Gasteiger partial charge in [-0.25, -0.2) is 0 Å². The topological polar surface area (TPSA) is 9.86 Å². The maximum absolute atomic E-state index is 2.61. The first-order valence-corrected chi connectivity index (χ1v) is 19.0. The SMILES string of the molecule is CCCCn1c2cc(/C=C/c3ccc(-c4ccccc4)cc3)ccc2c2c3ccc(/C=C/c4ccc(-c5ccccc5)cc4)cc3n(CCCC)c21. The average Bonchev–Trinajstić information content (AvgIpc) is 3.69. The zero-order valence-corrected chi connectivity index (χ0v) is 30.3. The molecule has 2 heterocycles. The normalized spacial score (nSPS) is 12.0. The number of nitrogens with zero attached hydrogens (tertiary/aromatic N) is 2. The molecule has 0 atom stereocenters. The molecule has 0 saturated carbocycles. The Balaban J connectivity index is 1.14. The summed E-state index contributed by atoms with van der Waals surface area (Å²) in [5.74, 6) is 0. The second-order valence-electron chi connectivity index (χ2n) is 13.9. The van der Waals surface area contributed by atoms with Gasteiger partial charge in [-0.05, 0) is 69.5 Å². The molecule has 0 aliphatic rings. The summed E-state index contributed by atoms with van der Waals surface area (Å²) < 4.78 is 5.22. The molecule has 0 fully saturated rings. The van der Waals surface area contributed by atoms with E-state index in [2.05, 4.69) is 193 Å². The number of rotatable bonds is 12. The van der Waals surface area contributed by atoms with Gasteiger partial charge in [-0.15, -0.1) is 0 Å². The van der Waals surface area contributed by atoms with Gasteiger partial charge in [0.15, 0.2) is 0 Å². The van der Waals surface area contributed by atoms with Crippen molar-refractivity contribution in [1.29, 1.82) is 0 Å². The van der Waals surface area contributed by atoms with Gasteiger partial charge in [0, 0.05) is 29.2 Å². The van der Waals surface area contributed by atoms with E-state index in [4.69, 9.17) is 0 Å². The van der Waals surface area contributed by atoms with Gasteiger partial charge in [0.1, 0.15) is 5.65 Å². The second kappa shape index (κ2) is 15.2. The molecule has 0 amide bonds. The number of unbranched alkanes of at least 4 members (excludes halogenated alkanes) is 2. The van der Waals surface area contributed by atoms with Gasteiger partial charge in [-0.1, -0.05) is 184 Å². The molecular weight excluding hydrogens is 629 g/mol. The van der Waals surface area contributed by atoms with Crippen LogP contribution in [0.5, 0.6) is 0 Å². The lowest BCUT2D eigenvalue weighted by molar-refractivity contribution is 0.622. The number of aryl methyl sites for hydroxylation is 2. The van der Waals surface area contributed by atoms with Crippen LogP contribution >= 0.6 is 0 Å². The first kappa shape index (κ1) is 33.3. The van der Waals surface area contributed by atoms with Gasteiger partial charge in [0.05, 0.1) is 11.0 Å². The van der Waals surface area contributed by atoms with Crippen LogP contribution in [0.2, 0.25) is 0 Å². The van der Waals surface area contributed by atoms with Gasteiger partial charge in [-0.2, -0.15) is 0 Å². The Morgan fingerprint density at radius 3 is 1.17 bits per heavy atom. The highest BCUT2D eigenvalue weighted by Crippen LogP contribution is 2.39. The van der Waals surface area contributed by atoms with Crippen LogP contribution in [0.3, 0.4) is 0 Å². The molecule has 0 aliphatic carbocycles. The maximum atomic E-state index is 2.61. The van der Waals surface area contributed by atoms with E-state index >= 15 is 0 Å².